The molecule has 6 nitrogen and oxygen atoms in total. The van der Waals surface area contributed by atoms with E-state index in [0.717, 1.165) is 24.3 Å². The average Bonchev–Trinajstić information content (AvgIpc) is 3.05. The zero-order valence-corrected chi connectivity index (χ0v) is 18.8. The van der Waals surface area contributed by atoms with E-state index in [0.29, 0.717) is 22.5 Å². The van der Waals surface area contributed by atoms with Crippen molar-refractivity contribution in [2.24, 2.45) is 23.2 Å². The summed E-state index contributed by atoms with van der Waals surface area (Å²) < 4.78 is 7.19. The Morgan fingerprint density at radius 1 is 1.13 bits per heavy atom. The van der Waals surface area contributed by atoms with Gasteiger partial charge in [-0.25, -0.2) is 4.98 Å². The highest BCUT2D eigenvalue weighted by Gasteiger charge is 2.50. The summed E-state index contributed by atoms with van der Waals surface area (Å²) in [5.74, 6) is 2.23. The van der Waals surface area contributed by atoms with E-state index in [4.69, 9.17) is 4.74 Å². The number of fused-ring (bicyclic) bond motifs is 1. The molecule has 31 heavy (non-hydrogen) atoms. The normalized spacial score (nSPS) is 29.3. The second-order valence-corrected chi connectivity index (χ2v) is 11.2. The van der Waals surface area contributed by atoms with Gasteiger partial charge in [0.1, 0.15) is 16.9 Å². The molecule has 4 saturated carbocycles. The molecule has 0 radical (unpaired) electrons. The molecule has 2 heterocycles. The van der Waals surface area contributed by atoms with Crippen molar-refractivity contribution < 1.29 is 14.3 Å². The number of nitrogens with zero attached hydrogens (tertiary/aromatic N) is 2. The summed E-state index contributed by atoms with van der Waals surface area (Å²) in [5, 5.41) is 3.25. The van der Waals surface area contributed by atoms with Crippen LogP contribution in [-0.2, 0) is 16.0 Å². The number of esters is 1. The molecule has 1 N–H and O–H groups in total. The van der Waals surface area contributed by atoms with E-state index in [1.165, 1.54) is 38.5 Å². The molecule has 4 bridgehead atoms. The van der Waals surface area contributed by atoms with Crippen LogP contribution in [0.2, 0.25) is 0 Å². The molecular weight excluding hydrogens is 390 g/mol. The standard InChI is InChI=1S/C25H33N3O3/c1-24(2,3)31-22(29)10-19-14-28-20(5-4-6-21(28)27-19)23(30)26-15-25-11-16-7-17(12-25)9-18(8-16)13-25/h4-6,14,16-18H,7-13,15H2,1-3H3,(H,26,30). The van der Waals surface area contributed by atoms with Gasteiger partial charge in [-0.1, -0.05) is 6.07 Å². The maximum Gasteiger partial charge on any atom is 0.312 e. The fraction of sp³-hybridized carbons (Fsp3) is 0.640. The van der Waals surface area contributed by atoms with Crippen LogP contribution in [0, 0.1) is 23.2 Å². The van der Waals surface area contributed by atoms with Crippen LogP contribution in [0.25, 0.3) is 5.65 Å². The number of pyridine rings is 1. The number of hydrogen-bond donors (Lipinski definition) is 1. The van der Waals surface area contributed by atoms with Gasteiger partial charge in [0.15, 0.2) is 0 Å². The molecule has 0 spiro atoms. The van der Waals surface area contributed by atoms with Gasteiger partial charge in [0, 0.05) is 12.7 Å². The summed E-state index contributed by atoms with van der Waals surface area (Å²) in [6, 6.07) is 5.52. The average molecular weight is 424 g/mol. The highest BCUT2D eigenvalue weighted by molar-refractivity contribution is 5.93. The van der Waals surface area contributed by atoms with Crippen molar-refractivity contribution >= 4 is 17.5 Å². The summed E-state index contributed by atoms with van der Waals surface area (Å²) in [6.45, 7) is 6.31. The van der Waals surface area contributed by atoms with E-state index in [2.05, 4.69) is 10.3 Å². The lowest BCUT2D eigenvalue weighted by molar-refractivity contribution is -0.153. The Labute approximate surface area is 183 Å². The molecule has 2 aromatic rings. The molecule has 0 unspecified atom stereocenters. The fourth-order valence-corrected chi connectivity index (χ4v) is 6.72. The third-order valence-electron chi connectivity index (χ3n) is 7.31. The van der Waals surface area contributed by atoms with Gasteiger partial charge in [-0.05, 0) is 94.6 Å². The summed E-state index contributed by atoms with van der Waals surface area (Å²) in [6.07, 6.45) is 9.90. The van der Waals surface area contributed by atoms with Crippen LogP contribution in [0.1, 0.15) is 75.5 Å². The van der Waals surface area contributed by atoms with Crippen molar-refractivity contribution in [2.75, 3.05) is 6.54 Å². The van der Waals surface area contributed by atoms with E-state index >= 15 is 0 Å². The van der Waals surface area contributed by atoms with Crippen LogP contribution in [0.5, 0.6) is 0 Å². The summed E-state index contributed by atoms with van der Waals surface area (Å²) in [4.78, 5) is 29.8. The Kier molecular flexibility index (Phi) is 4.87. The van der Waals surface area contributed by atoms with Crippen molar-refractivity contribution in [3.63, 3.8) is 0 Å². The van der Waals surface area contributed by atoms with Gasteiger partial charge < -0.3 is 10.1 Å². The maximum atomic E-state index is 13.1. The van der Waals surface area contributed by atoms with Gasteiger partial charge in [0.25, 0.3) is 5.91 Å². The quantitative estimate of drug-likeness (QED) is 0.733. The number of carbonyl (C=O) groups is 2. The van der Waals surface area contributed by atoms with E-state index in [1.807, 2.05) is 39.0 Å². The number of hydrogen-bond acceptors (Lipinski definition) is 4. The maximum absolute atomic E-state index is 13.1. The number of amides is 1. The molecule has 0 aliphatic heterocycles. The van der Waals surface area contributed by atoms with Crippen LogP contribution < -0.4 is 5.32 Å². The SMILES string of the molecule is CC(C)(C)OC(=O)Cc1cn2c(C(=O)NCC34CC5CC(CC(C5)C3)C4)cccc2n1. The van der Waals surface area contributed by atoms with Crippen LogP contribution >= 0.6 is 0 Å². The fourth-order valence-electron chi connectivity index (χ4n) is 6.72. The molecule has 4 fully saturated rings. The Bertz CT molecular complexity index is 981. The minimum atomic E-state index is -0.529. The second-order valence-electron chi connectivity index (χ2n) is 11.2. The van der Waals surface area contributed by atoms with Crippen molar-refractivity contribution in [3.8, 4) is 0 Å². The monoisotopic (exact) mass is 423 g/mol. The number of rotatable bonds is 5. The molecule has 0 saturated heterocycles. The van der Waals surface area contributed by atoms with Gasteiger partial charge in [-0.3, -0.25) is 14.0 Å². The molecule has 1 amide bonds. The smallest absolute Gasteiger partial charge is 0.312 e. The van der Waals surface area contributed by atoms with Crippen molar-refractivity contribution in [3.05, 3.63) is 35.8 Å². The van der Waals surface area contributed by atoms with Crippen LogP contribution in [0.3, 0.4) is 0 Å². The van der Waals surface area contributed by atoms with Crippen LogP contribution in [-0.4, -0.2) is 33.4 Å². The molecule has 6 heteroatoms. The lowest BCUT2D eigenvalue weighted by Crippen LogP contribution is -2.51. The number of ether oxygens (including phenoxy) is 1. The van der Waals surface area contributed by atoms with Gasteiger partial charge in [-0.2, -0.15) is 0 Å². The van der Waals surface area contributed by atoms with E-state index in [1.54, 1.807) is 10.6 Å². The first-order chi connectivity index (χ1) is 14.7. The minimum Gasteiger partial charge on any atom is -0.460 e. The zero-order chi connectivity index (χ0) is 21.8. The number of aromatic nitrogens is 2. The Morgan fingerprint density at radius 2 is 1.77 bits per heavy atom. The molecule has 6 rings (SSSR count). The second kappa shape index (κ2) is 7.35. The third kappa shape index (κ3) is 4.21. The van der Waals surface area contributed by atoms with Gasteiger partial charge in [0.2, 0.25) is 0 Å². The van der Waals surface area contributed by atoms with Crippen molar-refractivity contribution in [2.45, 2.75) is 71.3 Å². The molecule has 4 aliphatic rings. The molecule has 166 valence electrons. The van der Waals surface area contributed by atoms with Crippen molar-refractivity contribution in [1.29, 1.82) is 0 Å². The first-order valence-corrected chi connectivity index (χ1v) is 11.7. The predicted molar refractivity (Wildman–Crippen MR) is 118 cm³/mol. The molecular formula is C25H33N3O3. The Hall–Kier alpha value is -2.37. The summed E-state index contributed by atoms with van der Waals surface area (Å²) >= 11 is 0. The van der Waals surface area contributed by atoms with Gasteiger partial charge in [-0.15, -0.1) is 0 Å². The molecule has 0 atom stereocenters. The van der Waals surface area contributed by atoms with E-state index in [9.17, 15) is 9.59 Å². The van der Waals surface area contributed by atoms with Gasteiger partial charge >= 0.3 is 5.97 Å². The summed E-state index contributed by atoms with van der Waals surface area (Å²) in [7, 11) is 0. The molecule has 4 aliphatic carbocycles. The zero-order valence-electron chi connectivity index (χ0n) is 18.8. The lowest BCUT2D eigenvalue weighted by Gasteiger charge is -2.56. The van der Waals surface area contributed by atoms with Crippen LogP contribution in [0.15, 0.2) is 24.4 Å². The number of imidazole rings is 1. The first-order valence-electron chi connectivity index (χ1n) is 11.7. The predicted octanol–water partition coefficient (Wildman–Crippen LogP) is 4.16. The first kappa shape index (κ1) is 20.5. The van der Waals surface area contributed by atoms with Crippen molar-refractivity contribution in [1.82, 2.24) is 14.7 Å². The van der Waals surface area contributed by atoms with E-state index < -0.39 is 5.60 Å². The van der Waals surface area contributed by atoms with Gasteiger partial charge in [0.05, 0.1) is 12.1 Å². The number of nitrogens with one attached hydrogen (secondary N) is 1. The van der Waals surface area contributed by atoms with Crippen LogP contribution in [0.4, 0.5) is 0 Å². The Balaban J connectivity index is 1.29. The highest BCUT2D eigenvalue weighted by Crippen LogP contribution is 2.59. The largest absolute Gasteiger partial charge is 0.460 e. The Morgan fingerprint density at radius 3 is 2.39 bits per heavy atom. The molecule has 2 aromatic heterocycles. The third-order valence-corrected chi connectivity index (χ3v) is 7.31. The molecule has 0 aromatic carbocycles. The number of carbonyl (C=O) groups excluding carboxylic acids is 2. The highest BCUT2D eigenvalue weighted by atomic mass is 16.6. The van der Waals surface area contributed by atoms with E-state index in [-0.39, 0.29) is 18.3 Å². The topological polar surface area (TPSA) is 72.7 Å². The summed E-state index contributed by atoms with van der Waals surface area (Å²) in [5.41, 5.74) is 1.61. The lowest BCUT2D eigenvalue weighted by atomic mass is 9.49. The minimum absolute atomic E-state index is 0.0671.